The fraction of sp³-hybridized carbons (Fsp3) is 0.407. The molecule has 1 unspecified atom stereocenters. The van der Waals surface area contributed by atoms with Gasteiger partial charge in [-0.25, -0.2) is 4.98 Å². The molecule has 0 bridgehead atoms. The van der Waals surface area contributed by atoms with E-state index in [9.17, 15) is 4.79 Å². The van der Waals surface area contributed by atoms with E-state index in [0.717, 1.165) is 28.1 Å². The number of rotatable bonds is 10. The molecule has 0 aliphatic rings. The van der Waals surface area contributed by atoms with Gasteiger partial charge in [-0.05, 0) is 87.6 Å². The molecule has 0 aliphatic carbocycles. The second-order valence-corrected chi connectivity index (χ2v) is 8.86. The van der Waals surface area contributed by atoms with Crippen molar-refractivity contribution in [2.75, 3.05) is 0 Å². The van der Waals surface area contributed by atoms with E-state index in [0.29, 0.717) is 23.8 Å². The molecule has 0 saturated heterocycles. The van der Waals surface area contributed by atoms with E-state index in [1.165, 1.54) is 0 Å². The van der Waals surface area contributed by atoms with Crippen molar-refractivity contribution >= 4 is 5.97 Å². The number of ether oxygens (including phenoxy) is 2. The minimum atomic E-state index is -0.798. The van der Waals surface area contributed by atoms with Gasteiger partial charge in [0.2, 0.25) is 5.89 Å². The van der Waals surface area contributed by atoms with Crippen LogP contribution in [0.25, 0.3) is 11.5 Å². The van der Waals surface area contributed by atoms with Crippen LogP contribution in [0, 0.1) is 6.92 Å². The molecule has 1 N–H and O–H groups in total. The number of hydrogen-bond donors (Lipinski definition) is 1. The fourth-order valence-corrected chi connectivity index (χ4v) is 3.64. The predicted molar refractivity (Wildman–Crippen MR) is 128 cm³/mol. The van der Waals surface area contributed by atoms with Crippen molar-refractivity contribution in [3.05, 3.63) is 65.0 Å². The highest BCUT2D eigenvalue weighted by Gasteiger charge is 2.23. The van der Waals surface area contributed by atoms with Gasteiger partial charge in [0.25, 0.3) is 0 Å². The lowest BCUT2D eigenvalue weighted by molar-refractivity contribution is -0.136. The van der Waals surface area contributed by atoms with Crippen LogP contribution in [-0.4, -0.2) is 22.2 Å². The molecule has 0 fully saturated rings. The fourth-order valence-electron chi connectivity index (χ4n) is 3.64. The van der Waals surface area contributed by atoms with Crippen molar-refractivity contribution in [1.29, 1.82) is 0 Å². The third-order valence-electron chi connectivity index (χ3n) is 5.31. The molecule has 6 nitrogen and oxygen atoms in total. The third kappa shape index (κ3) is 6.37. The largest absolute Gasteiger partial charge is 0.491 e. The van der Waals surface area contributed by atoms with Gasteiger partial charge in [-0.1, -0.05) is 19.9 Å². The third-order valence-corrected chi connectivity index (χ3v) is 5.31. The van der Waals surface area contributed by atoms with Crippen LogP contribution in [0.2, 0.25) is 0 Å². The average Bonchev–Trinajstić information content (AvgIpc) is 3.19. The van der Waals surface area contributed by atoms with Crippen molar-refractivity contribution in [2.45, 2.75) is 72.5 Å². The number of carboxylic acid groups (broad SMARTS) is 1. The smallest absolute Gasteiger partial charge is 0.303 e. The molecule has 0 saturated carbocycles. The SMILES string of the molecule is Cc1cc(OC(C)c2oc(-c3ccc(OC(C)C)cc3)nc2C(C)C)ccc1CCC(=O)O. The van der Waals surface area contributed by atoms with Gasteiger partial charge in [-0.3, -0.25) is 4.79 Å². The molecular formula is C27H33NO5. The number of aliphatic carboxylic acids is 1. The number of aryl methyl sites for hydroxylation is 2. The molecule has 33 heavy (non-hydrogen) atoms. The van der Waals surface area contributed by atoms with Crippen molar-refractivity contribution in [3.63, 3.8) is 0 Å². The lowest BCUT2D eigenvalue weighted by Crippen LogP contribution is -2.06. The summed E-state index contributed by atoms with van der Waals surface area (Å²) in [4.78, 5) is 15.6. The Morgan fingerprint density at radius 1 is 1.00 bits per heavy atom. The number of carbonyl (C=O) groups is 1. The van der Waals surface area contributed by atoms with Crippen LogP contribution in [0.5, 0.6) is 11.5 Å². The first kappa shape index (κ1) is 24.4. The van der Waals surface area contributed by atoms with Gasteiger partial charge in [-0.15, -0.1) is 0 Å². The minimum absolute atomic E-state index is 0.112. The summed E-state index contributed by atoms with van der Waals surface area (Å²) in [6.45, 7) is 12.1. The van der Waals surface area contributed by atoms with Crippen molar-refractivity contribution in [3.8, 4) is 23.0 Å². The quantitative estimate of drug-likeness (QED) is 0.368. The van der Waals surface area contributed by atoms with Crippen LogP contribution in [0.3, 0.4) is 0 Å². The molecule has 0 aliphatic heterocycles. The van der Waals surface area contributed by atoms with Gasteiger partial charge in [0.15, 0.2) is 11.9 Å². The number of nitrogens with zero attached hydrogens (tertiary/aromatic N) is 1. The Hall–Kier alpha value is -3.28. The van der Waals surface area contributed by atoms with Crippen LogP contribution in [0.1, 0.15) is 75.6 Å². The predicted octanol–water partition coefficient (Wildman–Crippen LogP) is 6.72. The van der Waals surface area contributed by atoms with E-state index >= 15 is 0 Å². The summed E-state index contributed by atoms with van der Waals surface area (Å²) in [6, 6.07) is 13.5. The highest BCUT2D eigenvalue weighted by molar-refractivity contribution is 5.67. The molecule has 1 aromatic heterocycles. The summed E-state index contributed by atoms with van der Waals surface area (Å²) in [5.41, 5.74) is 3.76. The normalized spacial score (nSPS) is 12.2. The Morgan fingerprint density at radius 2 is 1.67 bits per heavy atom. The zero-order valence-corrected chi connectivity index (χ0v) is 20.2. The lowest BCUT2D eigenvalue weighted by atomic mass is 10.0. The lowest BCUT2D eigenvalue weighted by Gasteiger charge is -2.16. The number of carboxylic acids is 1. The van der Waals surface area contributed by atoms with Crippen LogP contribution in [-0.2, 0) is 11.2 Å². The Bertz CT molecular complexity index is 1080. The van der Waals surface area contributed by atoms with E-state index < -0.39 is 5.97 Å². The van der Waals surface area contributed by atoms with Gasteiger partial charge >= 0.3 is 5.97 Å². The summed E-state index contributed by atoms with van der Waals surface area (Å²) < 4.78 is 18.1. The van der Waals surface area contributed by atoms with Crippen LogP contribution >= 0.6 is 0 Å². The van der Waals surface area contributed by atoms with Crippen molar-refractivity contribution < 1.29 is 23.8 Å². The van der Waals surface area contributed by atoms with Gasteiger partial charge in [0.1, 0.15) is 11.5 Å². The van der Waals surface area contributed by atoms with Crippen molar-refractivity contribution in [2.24, 2.45) is 0 Å². The Morgan fingerprint density at radius 3 is 2.24 bits per heavy atom. The summed E-state index contributed by atoms with van der Waals surface area (Å²) >= 11 is 0. The average molecular weight is 452 g/mol. The Balaban J connectivity index is 1.80. The summed E-state index contributed by atoms with van der Waals surface area (Å²) in [7, 11) is 0. The highest BCUT2D eigenvalue weighted by Crippen LogP contribution is 2.33. The Labute approximate surface area is 195 Å². The maximum Gasteiger partial charge on any atom is 0.303 e. The van der Waals surface area contributed by atoms with E-state index in [-0.39, 0.29) is 24.5 Å². The van der Waals surface area contributed by atoms with E-state index in [4.69, 9.17) is 24.0 Å². The van der Waals surface area contributed by atoms with Crippen LogP contribution < -0.4 is 9.47 Å². The van der Waals surface area contributed by atoms with Crippen LogP contribution in [0.15, 0.2) is 46.9 Å². The number of hydrogen-bond acceptors (Lipinski definition) is 5. The maximum absolute atomic E-state index is 10.9. The standard InChI is InChI=1S/C27H33NO5/c1-16(2)25-26(33-27(28-25)21-8-11-22(12-9-21)31-17(3)4)19(6)32-23-13-7-20(18(5)15-23)10-14-24(29)30/h7-9,11-13,15-17,19H,10,14H2,1-6H3,(H,29,30). The molecule has 3 aromatic rings. The molecule has 1 atom stereocenters. The molecule has 1 heterocycles. The Kier molecular flexibility index (Phi) is 7.79. The zero-order valence-electron chi connectivity index (χ0n) is 20.2. The summed E-state index contributed by atoms with van der Waals surface area (Å²) in [5, 5.41) is 8.92. The first-order valence-electron chi connectivity index (χ1n) is 11.4. The molecule has 6 heteroatoms. The first-order chi connectivity index (χ1) is 15.6. The number of benzene rings is 2. The van der Waals surface area contributed by atoms with Crippen LogP contribution in [0.4, 0.5) is 0 Å². The van der Waals surface area contributed by atoms with E-state index in [2.05, 4.69) is 13.8 Å². The molecular weight excluding hydrogens is 418 g/mol. The van der Waals surface area contributed by atoms with E-state index in [1.54, 1.807) is 0 Å². The maximum atomic E-state index is 10.9. The number of aromatic nitrogens is 1. The van der Waals surface area contributed by atoms with Gasteiger partial charge < -0.3 is 19.0 Å². The summed E-state index contributed by atoms with van der Waals surface area (Å²) in [5.74, 6) is 2.15. The van der Waals surface area contributed by atoms with E-state index in [1.807, 2.05) is 70.2 Å². The number of oxazole rings is 1. The second kappa shape index (κ2) is 10.6. The van der Waals surface area contributed by atoms with Gasteiger partial charge in [0, 0.05) is 12.0 Å². The molecule has 3 rings (SSSR count). The minimum Gasteiger partial charge on any atom is -0.491 e. The molecule has 2 aromatic carbocycles. The second-order valence-electron chi connectivity index (χ2n) is 8.86. The van der Waals surface area contributed by atoms with Crippen molar-refractivity contribution in [1.82, 2.24) is 4.98 Å². The first-order valence-corrected chi connectivity index (χ1v) is 11.4. The monoisotopic (exact) mass is 451 g/mol. The molecule has 0 radical (unpaired) electrons. The van der Waals surface area contributed by atoms with Gasteiger partial charge in [0.05, 0.1) is 11.8 Å². The zero-order chi connectivity index (χ0) is 24.1. The molecule has 0 spiro atoms. The topological polar surface area (TPSA) is 81.8 Å². The van der Waals surface area contributed by atoms with Gasteiger partial charge in [-0.2, -0.15) is 0 Å². The molecule has 0 amide bonds. The highest BCUT2D eigenvalue weighted by atomic mass is 16.5. The summed E-state index contributed by atoms with van der Waals surface area (Å²) in [6.07, 6.45) is 0.391. The molecule has 176 valence electrons.